The molecule has 0 aliphatic carbocycles. The lowest BCUT2D eigenvalue weighted by Gasteiger charge is -2.03. The van der Waals surface area contributed by atoms with Gasteiger partial charge in [-0.2, -0.15) is 0 Å². The quantitative estimate of drug-likeness (QED) is 0.768. The van der Waals surface area contributed by atoms with Crippen molar-refractivity contribution in [2.24, 2.45) is 5.73 Å². The van der Waals surface area contributed by atoms with Crippen molar-refractivity contribution < 1.29 is 0 Å². The molecule has 1 aromatic carbocycles. The van der Waals surface area contributed by atoms with Crippen LogP contribution in [0.3, 0.4) is 0 Å². The minimum atomic E-state index is 0.669. The Hall–Kier alpha value is -2.27. The summed E-state index contributed by atoms with van der Waals surface area (Å²) < 4.78 is 1.78. The zero-order valence-corrected chi connectivity index (χ0v) is 10.5. The third-order valence-electron chi connectivity index (χ3n) is 3.04. The van der Waals surface area contributed by atoms with Crippen molar-refractivity contribution >= 4 is 10.9 Å². The van der Waals surface area contributed by atoms with Crippen molar-refractivity contribution in [3.63, 3.8) is 0 Å². The van der Waals surface area contributed by atoms with Gasteiger partial charge in [0.2, 0.25) is 0 Å². The molecule has 0 spiro atoms. The topological polar surface area (TPSA) is 69.6 Å². The molecule has 3 rings (SSSR count). The highest BCUT2D eigenvalue weighted by Crippen LogP contribution is 2.19. The summed E-state index contributed by atoms with van der Waals surface area (Å²) in [4.78, 5) is 4.42. The Bertz CT molecular complexity index is 684. The number of hydrogen-bond donors (Lipinski definition) is 1. The number of pyridine rings is 1. The highest BCUT2D eigenvalue weighted by Gasteiger charge is 2.06. The van der Waals surface area contributed by atoms with Crippen LogP contribution in [0.4, 0.5) is 0 Å². The molecule has 0 unspecified atom stereocenters. The molecule has 0 bridgehead atoms. The summed E-state index contributed by atoms with van der Waals surface area (Å²) in [5.74, 6) is 0. The lowest BCUT2D eigenvalue weighted by molar-refractivity contribution is 0.780. The molecule has 0 fully saturated rings. The average molecular weight is 253 g/mol. The summed E-state index contributed by atoms with van der Waals surface area (Å²) in [5.41, 5.74) is 8.34. The molecule has 0 saturated carbocycles. The van der Waals surface area contributed by atoms with E-state index in [-0.39, 0.29) is 0 Å². The third-order valence-corrected chi connectivity index (χ3v) is 3.04. The predicted molar refractivity (Wildman–Crippen MR) is 74.0 cm³/mol. The SMILES string of the molecule is NCCCc1cn(-c2cccc3cccnc23)nn1. The Morgan fingerprint density at radius 2 is 2.05 bits per heavy atom. The van der Waals surface area contributed by atoms with E-state index in [4.69, 9.17) is 5.73 Å². The fraction of sp³-hybridized carbons (Fsp3) is 0.214. The van der Waals surface area contributed by atoms with Crippen LogP contribution in [0.25, 0.3) is 16.6 Å². The first kappa shape index (κ1) is 11.8. The van der Waals surface area contributed by atoms with Crippen molar-refractivity contribution in [1.82, 2.24) is 20.0 Å². The Morgan fingerprint density at radius 1 is 1.16 bits per heavy atom. The molecule has 5 heteroatoms. The number of aromatic nitrogens is 4. The summed E-state index contributed by atoms with van der Waals surface area (Å²) in [7, 11) is 0. The Kier molecular flexibility index (Phi) is 3.20. The summed E-state index contributed by atoms with van der Waals surface area (Å²) in [6.45, 7) is 0.669. The molecular weight excluding hydrogens is 238 g/mol. The van der Waals surface area contributed by atoms with Crippen molar-refractivity contribution in [1.29, 1.82) is 0 Å². The monoisotopic (exact) mass is 253 g/mol. The van der Waals surface area contributed by atoms with Crippen LogP contribution >= 0.6 is 0 Å². The van der Waals surface area contributed by atoms with Crippen molar-refractivity contribution in [2.45, 2.75) is 12.8 Å². The van der Waals surface area contributed by atoms with E-state index < -0.39 is 0 Å². The maximum atomic E-state index is 5.50. The number of benzene rings is 1. The number of rotatable bonds is 4. The summed E-state index contributed by atoms with van der Waals surface area (Å²) >= 11 is 0. The van der Waals surface area contributed by atoms with Gasteiger partial charge < -0.3 is 5.73 Å². The number of nitrogens with two attached hydrogens (primary N) is 1. The Labute approximate surface area is 111 Å². The van der Waals surface area contributed by atoms with Gasteiger partial charge in [0.1, 0.15) is 0 Å². The molecule has 0 atom stereocenters. The number of nitrogens with zero attached hydrogens (tertiary/aromatic N) is 4. The molecular formula is C14H15N5. The minimum Gasteiger partial charge on any atom is -0.330 e. The lowest BCUT2D eigenvalue weighted by atomic mass is 10.2. The van der Waals surface area contributed by atoms with Gasteiger partial charge in [-0.3, -0.25) is 4.98 Å². The van der Waals surface area contributed by atoms with Crippen LogP contribution in [0.1, 0.15) is 12.1 Å². The number of hydrogen-bond acceptors (Lipinski definition) is 4. The molecule has 0 radical (unpaired) electrons. The highest BCUT2D eigenvalue weighted by molar-refractivity contribution is 5.85. The summed E-state index contributed by atoms with van der Waals surface area (Å²) in [6.07, 6.45) is 5.51. The van der Waals surface area contributed by atoms with E-state index in [1.54, 1.807) is 10.9 Å². The lowest BCUT2D eigenvalue weighted by Crippen LogP contribution is -2.00. The first-order valence-corrected chi connectivity index (χ1v) is 6.34. The van der Waals surface area contributed by atoms with Gasteiger partial charge in [0.15, 0.2) is 0 Å². The maximum absolute atomic E-state index is 5.50. The zero-order valence-electron chi connectivity index (χ0n) is 10.5. The van der Waals surface area contributed by atoms with Crippen LogP contribution in [0.2, 0.25) is 0 Å². The minimum absolute atomic E-state index is 0.669. The van der Waals surface area contributed by atoms with Crippen molar-refractivity contribution in [3.05, 3.63) is 48.4 Å². The van der Waals surface area contributed by atoms with E-state index in [0.717, 1.165) is 35.1 Å². The molecule has 5 nitrogen and oxygen atoms in total. The summed E-state index contributed by atoms with van der Waals surface area (Å²) in [6, 6.07) is 10.0. The van der Waals surface area contributed by atoms with Gasteiger partial charge >= 0.3 is 0 Å². The van der Waals surface area contributed by atoms with Crippen LogP contribution in [0.5, 0.6) is 0 Å². The number of aryl methyl sites for hydroxylation is 1. The first-order valence-electron chi connectivity index (χ1n) is 6.34. The predicted octanol–water partition coefficient (Wildman–Crippen LogP) is 1.71. The molecule has 96 valence electrons. The van der Waals surface area contributed by atoms with E-state index in [2.05, 4.69) is 15.3 Å². The van der Waals surface area contributed by atoms with Crippen LogP contribution in [-0.2, 0) is 6.42 Å². The molecule has 0 amide bonds. The average Bonchev–Trinajstić information content (AvgIpc) is 2.93. The smallest absolute Gasteiger partial charge is 0.0959 e. The highest BCUT2D eigenvalue weighted by atomic mass is 15.4. The molecule has 0 aliphatic rings. The van der Waals surface area contributed by atoms with Crippen molar-refractivity contribution in [3.8, 4) is 5.69 Å². The maximum Gasteiger partial charge on any atom is 0.0959 e. The van der Waals surface area contributed by atoms with Crippen molar-refractivity contribution in [2.75, 3.05) is 6.54 Å². The fourth-order valence-corrected chi connectivity index (χ4v) is 2.09. The molecule has 3 aromatic rings. The van der Waals surface area contributed by atoms with Gasteiger partial charge in [-0.1, -0.05) is 23.4 Å². The van der Waals surface area contributed by atoms with Gasteiger partial charge in [0, 0.05) is 11.6 Å². The van der Waals surface area contributed by atoms with Gasteiger partial charge in [-0.05, 0) is 31.5 Å². The van der Waals surface area contributed by atoms with E-state index in [1.807, 2.05) is 36.5 Å². The molecule has 2 heterocycles. The van der Waals surface area contributed by atoms with Gasteiger partial charge in [-0.15, -0.1) is 5.10 Å². The largest absolute Gasteiger partial charge is 0.330 e. The molecule has 2 N–H and O–H groups in total. The van der Waals surface area contributed by atoms with E-state index in [0.29, 0.717) is 6.54 Å². The van der Waals surface area contributed by atoms with Gasteiger partial charge in [0.05, 0.1) is 23.1 Å². The molecule has 19 heavy (non-hydrogen) atoms. The molecule has 0 aliphatic heterocycles. The first-order chi connectivity index (χ1) is 9.38. The van der Waals surface area contributed by atoms with E-state index in [9.17, 15) is 0 Å². The van der Waals surface area contributed by atoms with Crippen LogP contribution < -0.4 is 5.73 Å². The summed E-state index contributed by atoms with van der Waals surface area (Å²) in [5, 5.41) is 9.44. The molecule has 0 saturated heterocycles. The Morgan fingerprint density at radius 3 is 2.95 bits per heavy atom. The zero-order chi connectivity index (χ0) is 13.1. The standard InChI is InChI=1S/C14H15N5/c15-8-2-6-12-10-19(18-17-12)13-7-1-4-11-5-3-9-16-14(11)13/h1,3-5,7,9-10H,2,6,8,15H2. The van der Waals surface area contributed by atoms with Crippen LogP contribution in [-0.4, -0.2) is 26.5 Å². The van der Waals surface area contributed by atoms with Gasteiger partial charge in [-0.25, -0.2) is 4.68 Å². The molecule has 2 aromatic heterocycles. The van der Waals surface area contributed by atoms with E-state index in [1.165, 1.54) is 0 Å². The number of fused-ring (bicyclic) bond motifs is 1. The Balaban J connectivity index is 2.02. The van der Waals surface area contributed by atoms with Crippen LogP contribution in [0.15, 0.2) is 42.7 Å². The fourth-order valence-electron chi connectivity index (χ4n) is 2.09. The normalized spacial score (nSPS) is 11.0. The second-order valence-corrected chi connectivity index (χ2v) is 4.40. The third kappa shape index (κ3) is 2.32. The van der Waals surface area contributed by atoms with Gasteiger partial charge in [0.25, 0.3) is 0 Å². The second kappa shape index (κ2) is 5.16. The number of para-hydroxylation sites is 1. The van der Waals surface area contributed by atoms with E-state index >= 15 is 0 Å². The van der Waals surface area contributed by atoms with Crippen LogP contribution in [0, 0.1) is 0 Å². The second-order valence-electron chi connectivity index (χ2n) is 4.40.